The van der Waals surface area contributed by atoms with Crippen molar-refractivity contribution < 1.29 is 4.79 Å². The Kier molecular flexibility index (Phi) is 5.94. The number of para-hydroxylation sites is 1. The van der Waals surface area contributed by atoms with Crippen LogP contribution in [0.4, 0.5) is 5.69 Å². The van der Waals surface area contributed by atoms with Crippen molar-refractivity contribution in [2.75, 3.05) is 31.2 Å². The van der Waals surface area contributed by atoms with Crippen molar-refractivity contribution >= 4 is 17.3 Å². The quantitative estimate of drug-likeness (QED) is 0.625. The molecule has 1 aromatic heterocycles. The molecular weight excluding hydrogens is 398 g/mol. The Morgan fingerprint density at radius 2 is 1.59 bits per heavy atom. The van der Waals surface area contributed by atoms with Gasteiger partial charge in [-0.05, 0) is 29.3 Å². The summed E-state index contributed by atoms with van der Waals surface area (Å²) in [5.41, 5.74) is 4.02. The summed E-state index contributed by atoms with van der Waals surface area (Å²) in [6, 6.07) is 24.5. The van der Waals surface area contributed by atoms with Gasteiger partial charge in [-0.15, -0.1) is 0 Å². The third-order valence-corrected chi connectivity index (χ3v) is 6.15. The molecule has 0 unspecified atom stereocenters. The molecule has 3 heterocycles. The number of hydrogen-bond donors (Lipinski definition) is 0. The number of carbonyl (C=O) groups is 1. The Morgan fingerprint density at radius 1 is 0.875 bits per heavy atom. The predicted octanol–water partition coefficient (Wildman–Crippen LogP) is 3.73. The van der Waals surface area contributed by atoms with Gasteiger partial charge in [0, 0.05) is 51.5 Å². The van der Waals surface area contributed by atoms with Gasteiger partial charge in [-0.1, -0.05) is 54.6 Å². The van der Waals surface area contributed by atoms with E-state index >= 15 is 0 Å². The van der Waals surface area contributed by atoms with Gasteiger partial charge >= 0.3 is 0 Å². The first-order chi connectivity index (χ1) is 15.8. The zero-order valence-electron chi connectivity index (χ0n) is 18.0. The maximum absolute atomic E-state index is 13.4. The highest BCUT2D eigenvalue weighted by atomic mass is 16.2. The summed E-state index contributed by atoms with van der Waals surface area (Å²) in [6.45, 7) is 4.03. The third kappa shape index (κ3) is 4.41. The molecule has 2 aliphatic heterocycles. The molecule has 32 heavy (non-hydrogen) atoms. The number of pyridine rings is 1. The van der Waals surface area contributed by atoms with E-state index < -0.39 is 0 Å². The molecule has 5 rings (SSSR count). The van der Waals surface area contributed by atoms with E-state index in [0.717, 1.165) is 38.4 Å². The van der Waals surface area contributed by atoms with Crippen LogP contribution in [-0.4, -0.2) is 52.6 Å². The van der Waals surface area contributed by atoms with Gasteiger partial charge in [0.1, 0.15) is 5.71 Å². The molecule has 1 atom stereocenters. The zero-order chi connectivity index (χ0) is 21.8. The molecule has 2 aromatic carbocycles. The van der Waals surface area contributed by atoms with E-state index in [0.29, 0.717) is 12.1 Å². The molecule has 0 radical (unpaired) electrons. The van der Waals surface area contributed by atoms with Crippen molar-refractivity contribution in [1.29, 1.82) is 0 Å². The Labute approximate surface area is 188 Å². The largest absolute Gasteiger partial charge is 0.335 e. The summed E-state index contributed by atoms with van der Waals surface area (Å²) in [5.74, 6) is 0.0605. The molecule has 162 valence electrons. The van der Waals surface area contributed by atoms with E-state index in [4.69, 9.17) is 5.10 Å². The molecule has 6 nitrogen and oxygen atoms in total. The number of hydrogen-bond acceptors (Lipinski definition) is 5. The molecule has 0 N–H and O–H groups in total. The van der Waals surface area contributed by atoms with Crippen LogP contribution in [0.1, 0.15) is 23.6 Å². The maximum atomic E-state index is 13.4. The molecule has 0 spiro atoms. The fourth-order valence-corrected chi connectivity index (χ4v) is 4.43. The minimum absolute atomic E-state index is 0.0319. The summed E-state index contributed by atoms with van der Waals surface area (Å²) < 4.78 is 0. The second-order valence-corrected chi connectivity index (χ2v) is 8.29. The van der Waals surface area contributed by atoms with Crippen molar-refractivity contribution in [1.82, 2.24) is 14.8 Å². The van der Waals surface area contributed by atoms with Crippen LogP contribution in [0.2, 0.25) is 0 Å². The monoisotopic (exact) mass is 425 g/mol. The summed E-state index contributed by atoms with van der Waals surface area (Å²) in [4.78, 5) is 21.9. The number of carbonyl (C=O) groups excluding carboxylic acids is 1. The fraction of sp³-hybridized carbons (Fsp3) is 0.269. The molecule has 1 saturated heterocycles. The van der Waals surface area contributed by atoms with Gasteiger partial charge in [-0.3, -0.25) is 19.7 Å². The van der Waals surface area contributed by atoms with Crippen molar-refractivity contribution in [3.05, 3.63) is 96.3 Å². The molecule has 6 heteroatoms. The van der Waals surface area contributed by atoms with Gasteiger partial charge in [0.2, 0.25) is 0 Å². The van der Waals surface area contributed by atoms with Crippen molar-refractivity contribution in [2.24, 2.45) is 5.10 Å². The van der Waals surface area contributed by atoms with Gasteiger partial charge < -0.3 is 4.90 Å². The van der Waals surface area contributed by atoms with Crippen molar-refractivity contribution in [3.63, 3.8) is 0 Å². The van der Waals surface area contributed by atoms with Gasteiger partial charge in [0.05, 0.1) is 11.7 Å². The highest BCUT2D eigenvalue weighted by Gasteiger charge is 2.35. The molecule has 2 aliphatic rings. The molecule has 0 saturated carbocycles. The first-order valence-corrected chi connectivity index (χ1v) is 11.2. The van der Waals surface area contributed by atoms with Crippen LogP contribution in [0.25, 0.3) is 0 Å². The van der Waals surface area contributed by atoms with Crippen LogP contribution < -0.4 is 5.01 Å². The van der Waals surface area contributed by atoms with Crippen molar-refractivity contribution in [2.45, 2.75) is 19.0 Å². The first kappa shape index (κ1) is 20.4. The molecule has 1 fully saturated rings. The van der Waals surface area contributed by atoms with Gasteiger partial charge in [-0.25, -0.2) is 0 Å². The van der Waals surface area contributed by atoms with Gasteiger partial charge in [0.25, 0.3) is 5.91 Å². The second-order valence-electron chi connectivity index (χ2n) is 8.29. The number of amides is 1. The number of anilines is 1. The van der Waals surface area contributed by atoms with E-state index in [9.17, 15) is 4.79 Å². The minimum Gasteiger partial charge on any atom is -0.335 e. The molecule has 1 amide bonds. The van der Waals surface area contributed by atoms with Crippen LogP contribution >= 0.6 is 0 Å². The normalized spacial score (nSPS) is 19.1. The van der Waals surface area contributed by atoms with E-state index in [-0.39, 0.29) is 11.9 Å². The van der Waals surface area contributed by atoms with E-state index in [1.807, 2.05) is 70.7 Å². The average Bonchev–Trinajstić information content (AvgIpc) is 3.31. The van der Waals surface area contributed by atoms with E-state index in [2.05, 4.69) is 28.1 Å². The summed E-state index contributed by atoms with van der Waals surface area (Å²) >= 11 is 0. The molecule has 0 bridgehead atoms. The van der Waals surface area contributed by atoms with Crippen LogP contribution in [-0.2, 0) is 11.3 Å². The zero-order valence-corrected chi connectivity index (χ0v) is 18.0. The summed E-state index contributed by atoms with van der Waals surface area (Å²) in [6.07, 6.45) is 4.32. The fourth-order valence-electron chi connectivity index (χ4n) is 4.43. The molecular formula is C26H27N5O. The number of rotatable bonds is 5. The Morgan fingerprint density at radius 3 is 2.28 bits per heavy atom. The highest BCUT2D eigenvalue weighted by Crippen LogP contribution is 2.35. The van der Waals surface area contributed by atoms with Crippen LogP contribution in [0.5, 0.6) is 0 Å². The first-order valence-electron chi connectivity index (χ1n) is 11.2. The van der Waals surface area contributed by atoms with Gasteiger partial charge in [-0.2, -0.15) is 5.10 Å². The number of benzene rings is 2. The van der Waals surface area contributed by atoms with Crippen LogP contribution in [0.15, 0.2) is 90.3 Å². The standard InChI is InChI=1S/C26H27N5O/c32-26(30-16-14-29(15-17-30)20-21-8-7-13-27-19-21)24-18-25(22-9-3-1-4-10-22)31(28-24)23-11-5-2-6-12-23/h1-13,19,25H,14-18,20H2/t25-/m0/s1. The molecule has 0 aliphatic carbocycles. The predicted molar refractivity (Wildman–Crippen MR) is 126 cm³/mol. The number of hydrazone groups is 1. The smallest absolute Gasteiger partial charge is 0.270 e. The van der Waals surface area contributed by atoms with E-state index in [1.165, 1.54) is 11.1 Å². The Balaban J connectivity index is 1.28. The lowest BCUT2D eigenvalue weighted by atomic mass is 10.0. The number of piperazine rings is 1. The summed E-state index contributed by atoms with van der Waals surface area (Å²) in [5, 5.41) is 6.82. The van der Waals surface area contributed by atoms with Gasteiger partial charge in [0.15, 0.2) is 0 Å². The van der Waals surface area contributed by atoms with Crippen molar-refractivity contribution in [3.8, 4) is 0 Å². The van der Waals surface area contributed by atoms with E-state index in [1.54, 1.807) is 6.20 Å². The third-order valence-electron chi connectivity index (χ3n) is 6.15. The minimum atomic E-state index is 0.0319. The lowest BCUT2D eigenvalue weighted by Crippen LogP contribution is -2.50. The lowest BCUT2D eigenvalue weighted by molar-refractivity contribution is -0.125. The number of aromatic nitrogens is 1. The van der Waals surface area contributed by atoms with Crippen LogP contribution in [0, 0.1) is 0 Å². The summed E-state index contributed by atoms with van der Waals surface area (Å²) in [7, 11) is 0. The average molecular weight is 426 g/mol. The Hall–Kier alpha value is -3.51. The maximum Gasteiger partial charge on any atom is 0.270 e. The highest BCUT2D eigenvalue weighted by molar-refractivity contribution is 6.39. The number of nitrogens with zero attached hydrogens (tertiary/aromatic N) is 5. The topological polar surface area (TPSA) is 52.0 Å². The van der Waals surface area contributed by atoms with Crippen LogP contribution in [0.3, 0.4) is 0 Å². The SMILES string of the molecule is O=C(C1=NN(c2ccccc2)[C@H](c2ccccc2)C1)N1CCN(Cc2cccnc2)CC1. The Bertz CT molecular complexity index is 1060. The lowest BCUT2D eigenvalue weighted by Gasteiger charge is -2.34. The second kappa shape index (κ2) is 9.32. The molecule has 3 aromatic rings.